The quantitative estimate of drug-likeness (QED) is 0.478. The summed E-state index contributed by atoms with van der Waals surface area (Å²) in [4.78, 5) is 9.90. The Labute approximate surface area is 60.2 Å². The summed E-state index contributed by atoms with van der Waals surface area (Å²) in [6.07, 6.45) is 2.10. The van der Waals surface area contributed by atoms with E-state index in [0.29, 0.717) is 0 Å². The minimum absolute atomic E-state index is 0.189. The number of fused-ring (bicyclic) bond motifs is 1. The van der Waals surface area contributed by atoms with Gasteiger partial charge in [0, 0.05) is 0 Å². The fourth-order valence-electron chi connectivity index (χ4n) is 1.42. The summed E-state index contributed by atoms with van der Waals surface area (Å²) in [7, 11) is 0. The minimum Gasteiger partial charge on any atom is -0.345 e. The summed E-state index contributed by atoms with van der Waals surface area (Å²) in [5, 5.41) is 0. The predicted molar refractivity (Wildman–Crippen MR) is 34.2 cm³/mol. The molecule has 2 rings (SSSR count). The molecule has 2 aliphatic heterocycles. The molecule has 0 spiro atoms. The van der Waals surface area contributed by atoms with Crippen molar-refractivity contribution in [1.29, 1.82) is 0 Å². The maximum Gasteiger partial charge on any atom is 0.231 e. The van der Waals surface area contributed by atoms with Gasteiger partial charge >= 0.3 is 0 Å². The monoisotopic (exact) mass is 144 g/mol. The first-order valence-corrected chi connectivity index (χ1v) is 3.67. The van der Waals surface area contributed by atoms with Crippen LogP contribution in [0.25, 0.3) is 0 Å². The highest BCUT2D eigenvalue weighted by Crippen LogP contribution is 2.46. The van der Waals surface area contributed by atoms with Crippen LogP contribution < -0.4 is 0 Å². The van der Waals surface area contributed by atoms with Gasteiger partial charge in [0.25, 0.3) is 0 Å². The Morgan fingerprint density at radius 2 is 2.00 bits per heavy atom. The van der Waals surface area contributed by atoms with Crippen LogP contribution in [0.15, 0.2) is 0 Å². The van der Waals surface area contributed by atoms with Crippen molar-refractivity contribution in [1.82, 2.24) is 0 Å². The molecule has 0 aromatic rings. The lowest BCUT2D eigenvalue weighted by Gasteiger charge is -2.54. The van der Waals surface area contributed by atoms with E-state index in [2.05, 4.69) is 0 Å². The van der Waals surface area contributed by atoms with Gasteiger partial charge < -0.3 is 4.74 Å². The molecule has 3 nitrogen and oxygen atoms in total. The number of ether oxygens (including phenoxy) is 1. The molecule has 2 atom stereocenters. The van der Waals surface area contributed by atoms with Crippen LogP contribution in [0.3, 0.4) is 0 Å². The van der Waals surface area contributed by atoms with E-state index in [-0.39, 0.29) is 5.60 Å². The Hall–Kier alpha value is -0.120. The van der Waals surface area contributed by atoms with Crippen molar-refractivity contribution >= 4 is 0 Å². The van der Waals surface area contributed by atoms with Gasteiger partial charge in [-0.15, -0.1) is 0 Å². The molecule has 0 radical (unpaired) electrons. The maximum absolute atomic E-state index is 5.42. The summed E-state index contributed by atoms with van der Waals surface area (Å²) in [6, 6.07) is 0. The first kappa shape index (κ1) is 6.58. The molecule has 0 N–H and O–H groups in total. The van der Waals surface area contributed by atoms with Crippen molar-refractivity contribution in [2.45, 2.75) is 38.1 Å². The number of rotatable bonds is 0. The molecule has 2 fully saturated rings. The molecule has 0 bridgehead atoms. The highest BCUT2D eigenvalue weighted by Gasteiger charge is 2.60. The van der Waals surface area contributed by atoms with Crippen molar-refractivity contribution in [3.63, 3.8) is 0 Å². The fraction of sp³-hybridized carbons (Fsp3) is 1.00. The second kappa shape index (κ2) is 1.72. The van der Waals surface area contributed by atoms with Gasteiger partial charge in [0.05, 0.1) is 6.61 Å². The van der Waals surface area contributed by atoms with Crippen LogP contribution in [0.4, 0.5) is 0 Å². The van der Waals surface area contributed by atoms with Gasteiger partial charge in [-0.1, -0.05) is 0 Å². The van der Waals surface area contributed by atoms with E-state index in [1.165, 1.54) is 0 Å². The first-order chi connectivity index (χ1) is 4.66. The van der Waals surface area contributed by atoms with Crippen molar-refractivity contribution < 1.29 is 14.5 Å². The Bertz CT molecular complexity index is 141. The molecule has 0 unspecified atom stereocenters. The van der Waals surface area contributed by atoms with Gasteiger partial charge in [-0.25, -0.2) is 4.89 Å². The van der Waals surface area contributed by atoms with E-state index in [9.17, 15) is 0 Å². The van der Waals surface area contributed by atoms with Crippen LogP contribution in [0.5, 0.6) is 0 Å². The Kier molecular flexibility index (Phi) is 1.14. The van der Waals surface area contributed by atoms with Crippen LogP contribution in [0.1, 0.15) is 26.7 Å². The molecule has 2 saturated heterocycles. The van der Waals surface area contributed by atoms with Gasteiger partial charge in [-0.2, -0.15) is 4.89 Å². The van der Waals surface area contributed by atoms with Crippen molar-refractivity contribution in [3.8, 4) is 0 Å². The maximum atomic E-state index is 5.42. The summed E-state index contributed by atoms with van der Waals surface area (Å²) in [5.41, 5.74) is -0.189. The van der Waals surface area contributed by atoms with Crippen LogP contribution in [0.2, 0.25) is 0 Å². The third kappa shape index (κ3) is 0.603. The lowest BCUT2D eigenvalue weighted by atomic mass is 9.87. The van der Waals surface area contributed by atoms with Gasteiger partial charge in [-0.3, -0.25) is 0 Å². The fourth-order valence-corrected chi connectivity index (χ4v) is 1.42. The van der Waals surface area contributed by atoms with Gasteiger partial charge in [0.2, 0.25) is 5.79 Å². The topological polar surface area (TPSA) is 27.7 Å². The molecule has 0 aliphatic carbocycles. The summed E-state index contributed by atoms with van der Waals surface area (Å²) in [5.74, 6) is -0.467. The molecule has 0 amide bonds. The molecular weight excluding hydrogens is 132 g/mol. The largest absolute Gasteiger partial charge is 0.345 e. The van der Waals surface area contributed by atoms with Crippen LogP contribution in [0, 0.1) is 0 Å². The van der Waals surface area contributed by atoms with Crippen molar-refractivity contribution in [3.05, 3.63) is 0 Å². The lowest BCUT2D eigenvalue weighted by molar-refractivity contribution is -0.611. The highest BCUT2D eigenvalue weighted by atomic mass is 17.3. The number of hydrogen-bond donors (Lipinski definition) is 0. The summed E-state index contributed by atoms with van der Waals surface area (Å²) >= 11 is 0. The molecule has 0 aromatic carbocycles. The van der Waals surface area contributed by atoms with E-state index in [0.717, 1.165) is 19.4 Å². The minimum atomic E-state index is -0.467. The Morgan fingerprint density at radius 3 is 2.30 bits per heavy atom. The third-order valence-corrected chi connectivity index (χ3v) is 2.52. The van der Waals surface area contributed by atoms with E-state index in [4.69, 9.17) is 14.5 Å². The highest BCUT2D eigenvalue weighted by molar-refractivity contribution is 4.95. The standard InChI is InChI=1S/C7H12O3/c1-6-4-3-5-8-7(6,2)10-9-6/h3-5H2,1-2H3/t6-,7-/m1/s1. The second-order valence-corrected chi connectivity index (χ2v) is 3.30. The average molecular weight is 144 g/mol. The predicted octanol–water partition coefficient (Wildman–Crippen LogP) is 1.23. The third-order valence-electron chi connectivity index (χ3n) is 2.52. The normalized spacial score (nSPS) is 53.4. The van der Waals surface area contributed by atoms with Crippen molar-refractivity contribution in [2.75, 3.05) is 6.61 Å². The molecule has 2 aliphatic rings. The zero-order chi connectivity index (χ0) is 7.24. The molecule has 0 saturated carbocycles. The zero-order valence-corrected chi connectivity index (χ0v) is 6.35. The van der Waals surface area contributed by atoms with Gasteiger partial charge in [0.15, 0.2) is 5.60 Å². The van der Waals surface area contributed by atoms with E-state index >= 15 is 0 Å². The van der Waals surface area contributed by atoms with Crippen LogP contribution >= 0.6 is 0 Å². The molecular formula is C7H12O3. The van der Waals surface area contributed by atoms with E-state index in [1.807, 2.05) is 13.8 Å². The summed E-state index contributed by atoms with van der Waals surface area (Å²) in [6.45, 7) is 4.74. The van der Waals surface area contributed by atoms with Crippen molar-refractivity contribution in [2.24, 2.45) is 0 Å². The Balaban J connectivity index is 2.17. The lowest BCUT2D eigenvalue weighted by Crippen LogP contribution is -2.67. The Morgan fingerprint density at radius 1 is 1.20 bits per heavy atom. The molecule has 10 heavy (non-hydrogen) atoms. The van der Waals surface area contributed by atoms with Crippen LogP contribution in [-0.4, -0.2) is 18.0 Å². The average Bonchev–Trinajstić information content (AvgIpc) is 1.92. The second-order valence-electron chi connectivity index (χ2n) is 3.30. The van der Waals surface area contributed by atoms with E-state index in [1.54, 1.807) is 0 Å². The molecule has 3 heteroatoms. The van der Waals surface area contributed by atoms with E-state index < -0.39 is 5.79 Å². The summed E-state index contributed by atoms with van der Waals surface area (Å²) < 4.78 is 5.42. The van der Waals surface area contributed by atoms with Gasteiger partial charge in [0.1, 0.15) is 0 Å². The smallest absolute Gasteiger partial charge is 0.231 e. The zero-order valence-electron chi connectivity index (χ0n) is 6.35. The van der Waals surface area contributed by atoms with Gasteiger partial charge in [-0.05, 0) is 26.7 Å². The first-order valence-electron chi connectivity index (χ1n) is 3.67. The van der Waals surface area contributed by atoms with Crippen LogP contribution in [-0.2, 0) is 14.5 Å². The number of hydrogen-bond acceptors (Lipinski definition) is 3. The molecule has 2 heterocycles. The SMILES string of the molecule is C[C@]12OCCC[C@@]1(C)OO2. The molecule has 0 aromatic heterocycles. The molecule has 58 valence electrons.